The fourth-order valence-corrected chi connectivity index (χ4v) is 2.66. The van der Waals surface area contributed by atoms with E-state index in [0.29, 0.717) is 11.1 Å². The fourth-order valence-electron chi connectivity index (χ4n) is 2.66. The second kappa shape index (κ2) is 5.95. The maximum Gasteiger partial charge on any atom is 0.328 e. The van der Waals surface area contributed by atoms with Gasteiger partial charge in [-0.15, -0.1) is 0 Å². The van der Waals surface area contributed by atoms with Crippen molar-refractivity contribution in [3.8, 4) is 0 Å². The number of benzene rings is 1. The summed E-state index contributed by atoms with van der Waals surface area (Å²) in [6.07, 6.45) is 6.17. The molecule has 2 nitrogen and oxygen atoms in total. The van der Waals surface area contributed by atoms with Gasteiger partial charge in [-0.3, -0.25) is 0 Å². The number of carboxylic acid groups (broad SMARTS) is 1. The smallest absolute Gasteiger partial charge is 0.328 e. The van der Waals surface area contributed by atoms with Gasteiger partial charge >= 0.3 is 5.97 Å². The summed E-state index contributed by atoms with van der Waals surface area (Å²) in [5.41, 5.74) is 1.07. The molecule has 0 atom stereocenters. The van der Waals surface area contributed by atoms with E-state index in [0.717, 1.165) is 50.3 Å². The Morgan fingerprint density at radius 3 is 2.42 bits per heavy atom. The maximum atomic E-state index is 13.3. The lowest BCUT2D eigenvalue weighted by molar-refractivity contribution is -0.131. The summed E-state index contributed by atoms with van der Waals surface area (Å²) < 4.78 is 26.3. The van der Waals surface area contributed by atoms with Gasteiger partial charge in [0.05, 0.1) is 0 Å². The summed E-state index contributed by atoms with van der Waals surface area (Å²) >= 11 is 0. The average molecular weight is 266 g/mol. The van der Waals surface area contributed by atoms with E-state index in [4.69, 9.17) is 5.11 Å². The Kier molecular flexibility index (Phi) is 4.30. The average Bonchev–Trinajstić information content (AvgIpc) is 2.40. The molecule has 1 aromatic carbocycles. The predicted octanol–water partition coefficient (Wildman–Crippen LogP) is 4.01. The molecule has 1 saturated carbocycles. The van der Waals surface area contributed by atoms with Crippen LogP contribution < -0.4 is 0 Å². The molecule has 19 heavy (non-hydrogen) atoms. The number of carbonyl (C=O) groups is 1. The molecular formula is C15H16F2O2. The van der Waals surface area contributed by atoms with Gasteiger partial charge in [0.2, 0.25) is 0 Å². The largest absolute Gasteiger partial charge is 0.478 e. The van der Waals surface area contributed by atoms with Crippen molar-refractivity contribution in [2.24, 2.45) is 5.92 Å². The molecule has 1 aromatic rings. The van der Waals surface area contributed by atoms with Gasteiger partial charge in [0.15, 0.2) is 11.6 Å². The number of rotatable bonds is 3. The Hall–Kier alpha value is -1.71. The number of hydrogen-bond acceptors (Lipinski definition) is 1. The molecule has 0 bridgehead atoms. The summed E-state index contributed by atoms with van der Waals surface area (Å²) in [7, 11) is 0. The van der Waals surface area contributed by atoms with Crippen LogP contribution in [0.5, 0.6) is 0 Å². The molecule has 0 unspecified atom stereocenters. The fraction of sp³-hybridized carbons (Fsp3) is 0.400. The van der Waals surface area contributed by atoms with Gasteiger partial charge in [-0.05, 0) is 42.0 Å². The van der Waals surface area contributed by atoms with Gasteiger partial charge in [-0.25, -0.2) is 13.6 Å². The Balaban J connectivity index is 2.36. The van der Waals surface area contributed by atoms with E-state index < -0.39 is 17.6 Å². The highest BCUT2D eigenvalue weighted by molar-refractivity contribution is 5.90. The van der Waals surface area contributed by atoms with Crippen molar-refractivity contribution in [2.45, 2.75) is 32.1 Å². The van der Waals surface area contributed by atoms with E-state index in [1.165, 1.54) is 6.07 Å². The number of carboxylic acids is 1. The van der Waals surface area contributed by atoms with E-state index in [2.05, 4.69) is 0 Å². The minimum atomic E-state index is -1.05. The van der Waals surface area contributed by atoms with Crippen LogP contribution in [0.4, 0.5) is 8.78 Å². The lowest BCUT2D eigenvalue weighted by Gasteiger charge is -2.24. The first-order valence-corrected chi connectivity index (χ1v) is 6.48. The topological polar surface area (TPSA) is 37.3 Å². The molecule has 0 spiro atoms. The zero-order valence-corrected chi connectivity index (χ0v) is 10.5. The van der Waals surface area contributed by atoms with Crippen molar-refractivity contribution >= 4 is 11.5 Å². The van der Waals surface area contributed by atoms with Gasteiger partial charge in [0.25, 0.3) is 0 Å². The second-order valence-electron chi connectivity index (χ2n) is 4.90. The molecule has 4 heteroatoms. The van der Waals surface area contributed by atoms with Gasteiger partial charge < -0.3 is 5.11 Å². The van der Waals surface area contributed by atoms with E-state index in [9.17, 15) is 13.6 Å². The molecule has 0 radical (unpaired) electrons. The highest BCUT2D eigenvalue weighted by Gasteiger charge is 2.21. The molecule has 1 N–H and O–H groups in total. The molecule has 0 aliphatic heterocycles. The summed E-state index contributed by atoms with van der Waals surface area (Å²) in [4.78, 5) is 10.9. The normalized spacial score (nSPS) is 17.5. The predicted molar refractivity (Wildman–Crippen MR) is 68.5 cm³/mol. The molecule has 0 aromatic heterocycles. The van der Waals surface area contributed by atoms with E-state index in [1.54, 1.807) is 0 Å². The van der Waals surface area contributed by atoms with E-state index >= 15 is 0 Å². The van der Waals surface area contributed by atoms with E-state index in [-0.39, 0.29) is 5.92 Å². The van der Waals surface area contributed by atoms with Crippen molar-refractivity contribution in [3.63, 3.8) is 0 Å². The lowest BCUT2D eigenvalue weighted by atomic mass is 9.81. The first-order chi connectivity index (χ1) is 9.08. The van der Waals surface area contributed by atoms with Crippen molar-refractivity contribution in [3.05, 3.63) is 41.5 Å². The third-order valence-electron chi connectivity index (χ3n) is 3.58. The number of hydrogen-bond donors (Lipinski definition) is 1. The van der Waals surface area contributed by atoms with Crippen molar-refractivity contribution < 1.29 is 18.7 Å². The first-order valence-electron chi connectivity index (χ1n) is 6.48. The molecule has 1 aliphatic rings. The number of allylic oxidation sites excluding steroid dienone is 1. The Labute approximate surface area is 110 Å². The molecule has 102 valence electrons. The van der Waals surface area contributed by atoms with Crippen LogP contribution in [0.2, 0.25) is 0 Å². The zero-order chi connectivity index (χ0) is 13.8. The third-order valence-corrected chi connectivity index (χ3v) is 3.58. The minimum absolute atomic E-state index is 0.120. The van der Waals surface area contributed by atoms with Gasteiger partial charge in [0, 0.05) is 6.08 Å². The quantitative estimate of drug-likeness (QED) is 0.839. The monoisotopic (exact) mass is 266 g/mol. The molecule has 1 fully saturated rings. The van der Waals surface area contributed by atoms with Crippen molar-refractivity contribution in [2.75, 3.05) is 0 Å². The number of aliphatic carboxylic acids is 1. The summed E-state index contributed by atoms with van der Waals surface area (Å²) in [6, 6.07) is 3.57. The Bertz CT molecular complexity index is 503. The van der Waals surface area contributed by atoms with Crippen molar-refractivity contribution in [1.29, 1.82) is 0 Å². The van der Waals surface area contributed by atoms with Crippen LogP contribution in [-0.2, 0) is 4.79 Å². The maximum absolute atomic E-state index is 13.3. The third kappa shape index (κ3) is 3.40. The molecule has 1 aliphatic carbocycles. The van der Waals surface area contributed by atoms with Gasteiger partial charge in [-0.1, -0.05) is 25.3 Å². The molecule has 0 saturated heterocycles. The molecular weight excluding hydrogens is 250 g/mol. The molecule has 0 amide bonds. The van der Waals surface area contributed by atoms with Crippen molar-refractivity contribution in [1.82, 2.24) is 0 Å². The zero-order valence-electron chi connectivity index (χ0n) is 10.5. The van der Waals surface area contributed by atoms with Crippen LogP contribution in [0, 0.1) is 17.6 Å². The van der Waals surface area contributed by atoms with Gasteiger partial charge in [-0.2, -0.15) is 0 Å². The van der Waals surface area contributed by atoms with Crippen LogP contribution in [0.1, 0.15) is 37.7 Å². The summed E-state index contributed by atoms with van der Waals surface area (Å²) in [5, 5.41) is 8.96. The summed E-state index contributed by atoms with van der Waals surface area (Å²) in [5.74, 6) is -2.79. The highest BCUT2D eigenvalue weighted by Crippen LogP contribution is 2.35. The van der Waals surface area contributed by atoms with Crippen LogP contribution >= 0.6 is 0 Å². The summed E-state index contributed by atoms with van der Waals surface area (Å²) in [6.45, 7) is 0. The lowest BCUT2D eigenvalue weighted by Crippen LogP contribution is -2.10. The van der Waals surface area contributed by atoms with Crippen LogP contribution in [0.25, 0.3) is 5.57 Å². The highest BCUT2D eigenvalue weighted by atomic mass is 19.2. The Morgan fingerprint density at radius 1 is 1.16 bits per heavy atom. The SMILES string of the molecule is O=C(O)/C=C(/c1ccc(F)c(F)c1)C1CCCCC1. The standard InChI is InChI=1S/C15H16F2O2/c16-13-7-6-11(8-14(13)17)12(9-15(18)19)10-4-2-1-3-5-10/h6-10H,1-5H2,(H,18,19)/b12-9+. The van der Waals surface area contributed by atoms with Gasteiger partial charge in [0.1, 0.15) is 0 Å². The minimum Gasteiger partial charge on any atom is -0.478 e. The second-order valence-corrected chi connectivity index (χ2v) is 4.90. The Morgan fingerprint density at radius 2 is 1.84 bits per heavy atom. The van der Waals surface area contributed by atoms with Crippen LogP contribution in [-0.4, -0.2) is 11.1 Å². The van der Waals surface area contributed by atoms with Crippen LogP contribution in [0.3, 0.4) is 0 Å². The number of halogens is 2. The van der Waals surface area contributed by atoms with E-state index in [1.807, 2.05) is 0 Å². The van der Waals surface area contributed by atoms with Crippen LogP contribution in [0.15, 0.2) is 24.3 Å². The molecule has 2 rings (SSSR count). The first kappa shape index (κ1) is 13.7. The molecule has 0 heterocycles.